The summed E-state index contributed by atoms with van der Waals surface area (Å²) in [5.41, 5.74) is 2.35. The molecule has 5 rings (SSSR count). The highest BCUT2D eigenvalue weighted by molar-refractivity contribution is 6.51. The standard InChI is InChI=1S/C30H25NO6/c1-18-17-25(35-3)19(2)16-23(18)28(32)26-27(24-10-7-15-36-24)31(30(34)29(26)33)20-11-13-22(14-12-20)37-21-8-5-4-6-9-21/h4-17,27,32H,1-3H3/b28-26-. The van der Waals surface area contributed by atoms with Crippen LogP contribution < -0.4 is 14.4 Å². The van der Waals surface area contributed by atoms with Gasteiger partial charge in [0.15, 0.2) is 0 Å². The van der Waals surface area contributed by atoms with Gasteiger partial charge in [-0.1, -0.05) is 18.2 Å². The van der Waals surface area contributed by atoms with Crippen LogP contribution in [0.4, 0.5) is 5.69 Å². The van der Waals surface area contributed by atoms with Gasteiger partial charge in [0.25, 0.3) is 11.7 Å². The van der Waals surface area contributed by atoms with Gasteiger partial charge in [0.05, 0.1) is 18.9 Å². The number of Topliss-reactive ketones (excluding diaryl/α,β-unsaturated/α-hetero) is 1. The number of ketones is 1. The van der Waals surface area contributed by atoms with Gasteiger partial charge in [-0.15, -0.1) is 0 Å². The molecule has 0 saturated carbocycles. The summed E-state index contributed by atoms with van der Waals surface area (Å²) in [5, 5.41) is 11.4. The number of carbonyl (C=O) groups excluding carboxylic acids is 2. The molecule has 0 spiro atoms. The molecule has 0 bridgehead atoms. The number of rotatable bonds is 6. The first-order valence-electron chi connectivity index (χ1n) is 11.7. The highest BCUT2D eigenvalue weighted by Gasteiger charge is 2.48. The van der Waals surface area contributed by atoms with Crippen LogP contribution in [0.3, 0.4) is 0 Å². The Morgan fingerprint density at radius 2 is 1.59 bits per heavy atom. The number of amides is 1. The molecule has 1 unspecified atom stereocenters. The summed E-state index contributed by atoms with van der Waals surface area (Å²) in [5.74, 6) is 0.443. The van der Waals surface area contributed by atoms with Gasteiger partial charge in [0.1, 0.15) is 34.8 Å². The average Bonchev–Trinajstić information content (AvgIpc) is 3.53. The molecule has 1 fully saturated rings. The van der Waals surface area contributed by atoms with E-state index in [1.54, 1.807) is 62.6 Å². The Morgan fingerprint density at radius 1 is 0.892 bits per heavy atom. The second-order valence-electron chi connectivity index (χ2n) is 8.73. The van der Waals surface area contributed by atoms with E-state index < -0.39 is 17.7 Å². The van der Waals surface area contributed by atoms with Crippen molar-refractivity contribution in [2.75, 3.05) is 12.0 Å². The van der Waals surface area contributed by atoms with Crippen molar-refractivity contribution in [3.05, 3.63) is 113 Å². The van der Waals surface area contributed by atoms with Crippen molar-refractivity contribution in [1.82, 2.24) is 0 Å². The first kappa shape index (κ1) is 23.9. The summed E-state index contributed by atoms with van der Waals surface area (Å²) in [6.07, 6.45) is 1.47. The van der Waals surface area contributed by atoms with E-state index in [4.69, 9.17) is 13.9 Å². The van der Waals surface area contributed by atoms with Crippen LogP contribution in [0.15, 0.2) is 95.1 Å². The van der Waals surface area contributed by atoms with E-state index in [-0.39, 0.29) is 11.3 Å². The van der Waals surface area contributed by atoms with Gasteiger partial charge in [-0.2, -0.15) is 0 Å². The van der Waals surface area contributed by atoms with Gasteiger partial charge in [0, 0.05) is 11.3 Å². The van der Waals surface area contributed by atoms with E-state index in [9.17, 15) is 14.7 Å². The molecular formula is C30H25NO6. The Bertz CT molecular complexity index is 1490. The van der Waals surface area contributed by atoms with Gasteiger partial charge in [-0.3, -0.25) is 14.5 Å². The Morgan fingerprint density at radius 3 is 2.24 bits per heavy atom. The quantitative estimate of drug-likeness (QED) is 0.191. The normalized spacial score (nSPS) is 16.7. The first-order chi connectivity index (χ1) is 17.9. The van der Waals surface area contributed by atoms with Crippen LogP contribution in [0.2, 0.25) is 0 Å². The molecule has 0 aliphatic carbocycles. The number of aliphatic hydroxyl groups is 1. The maximum absolute atomic E-state index is 13.3. The molecule has 7 heteroatoms. The lowest BCUT2D eigenvalue weighted by atomic mass is 9.95. The van der Waals surface area contributed by atoms with Gasteiger partial charge in [-0.05, 0) is 85.6 Å². The molecule has 4 aromatic rings. The summed E-state index contributed by atoms with van der Waals surface area (Å²) >= 11 is 0. The van der Waals surface area contributed by atoms with Gasteiger partial charge in [-0.25, -0.2) is 0 Å². The average molecular weight is 496 g/mol. The van der Waals surface area contributed by atoms with Crippen LogP contribution in [0.1, 0.15) is 28.5 Å². The number of nitrogens with zero attached hydrogens (tertiary/aromatic N) is 1. The third-order valence-corrected chi connectivity index (χ3v) is 6.35. The zero-order valence-electron chi connectivity index (χ0n) is 20.6. The van der Waals surface area contributed by atoms with Crippen LogP contribution in [0.25, 0.3) is 5.76 Å². The van der Waals surface area contributed by atoms with E-state index in [0.717, 1.165) is 5.56 Å². The number of hydrogen-bond acceptors (Lipinski definition) is 6. The summed E-state index contributed by atoms with van der Waals surface area (Å²) in [6.45, 7) is 3.65. The molecule has 3 aromatic carbocycles. The van der Waals surface area contributed by atoms with E-state index in [1.807, 2.05) is 37.3 Å². The van der Waals surface area contributed by atoms with Crippen LogP contribution in [0.5, 0.6) is 17.2 Å². The van der Waals surface area contributed by atoms with Crippen molar-refractivity contribution in [1.29, 1.82) is 0 Å². The maximum atomic E-state index is 13.3. The van der Waals surface area contributed by atoms with Crippen LogP contribution >= 0.6 is 0 Å². The second-order valence-corrected chi connectivity index (χ2v) is 8.73. The van der Waals surface area contributed by atoms with E-state index in [0.29, 0.717) is 39.8 Å². The van der Waals surface area contributed by atoms with Crippen LogP contribution in [0, 0.1) is 13.8 Å². The van der Waals surface area contributed by atoms with Crippen LogP contribution in [-0.2, 0) is 9.59 Å². The number of furan rings is 1. The highest BCUT2D eigenvalue weighted by Crippen LogP contribution is 2.43. The minimum absolute atomic E-state index is 0.0442. The van der Waals surface area contributed by atoms with Gasteiger partial charge >= 0.3 is 0 Å². The number of methoxy groups -OCH3 is 1. The third kappa shape index (κ3) is 4.36. The van der Waals surface area contributed by atoms with E-state index >= 15 is 0 Å². The largest absolute Gasteiger partial charge is 0.507 e. The number of hydrogen-bond donors (Lipinski definition) is 1. The van der Waals surface area contributed by atoms with Crippen molar-refractivity contribution in [2.24, 2.45) is 0 Å². The van der Waals surface area contributed by atoms with Crippen molar-refractivity contribution >= 4 is 23.1 Å². The monoisotopic (exact) mass is 495 g/mol. The zero-order chi connectivity index (χ0) is 26.1. The van der Waals surface area contributed by atoms with Gasteiger partial charge in [0.2, 0.25) is 0 Å². The maximum Gasteiger partial charge on any atom is 0.300 e. The molecule has 7 nitrogen and oxygen atoms in total. The molecule has 0 radical (unpaired) electrons. The molecular weight excluding hydrogens is 470 g/mol. The number of aliphatic hydroxyl groups excluding tert-OH is 1. The molecule has 1 aromatic heterocycles. The highest BCUT2D eigenvalue weighted by atomic mass is 16.5. The lowest BCUT2D eigenvalue weighted by molar-refractivity contribution is -0.132. The summed E-state index contributed by atoms with van der Waals surface area (Å²) < 4.78 is 16.9. The summed E-state index contributed by atoms with van der Waals surface area (Å²) in [7, 11) is 1.57. The number of ether oxygens (including phenoxy) is 2. The third-order valence-electron chi connectivity index (χ3n) is 6.35. The topological polar surface area (TPSA) is 89.2 Å². The van der Waals surface area contributed by atoms with Gasteiger partial charge < -0.3 is 19.0 Å². The number of anilines is 1. The number of aryl methyl sites for hydroxylation is 2. The lowest BCUT2D eigenvalue weighted by Crippen LogP contribution is -2.29. The molecule has 1 amide bonds. The minimum Gasteiger partial charge on any atom is -0.507 e. The number of para-hydroxylation sites is 1. The Kier molecular flexibility index (Phi) is 6.27. The van der Waals surface area contributed by atoms with Crippen molar-refractivity contribution in [3.8, 4) is 17.2 Å². The molecule has 1 aliphatic rings. The molecule has 37 heavy (non-hydrogen) atoms. The number of carbonyl (C=O) groups is 2. The molecule has 1 saturated heterocycles. The molecule has 1 N–H and O–H groups in total. The second kappa shape index (κ2) is 9.70. The molecule has 186 valence electrons. The SMILES string of the molecule is COc1cc(C)c(/C(O)=C2/C(=O)C(=O)N(c3ccc(Oc4ccccc4)cc3)C2c2ccco2)cc1C. The van der Waals surface area contributed by atoms with Crippen molar-refractivity contribution in [3.63, 3.8) is 0 Å². The van der Waals surface area contributed by atoms with Crippen molar-refractivity contribution in [2.45, 2.75) is 19.9 Å². The van der Waals surface area contributed by atoms with E-state index in [1.165, 1.54) is 11.2 Å². The fourth-order valence-electron chi connectivity index (χ4n) is 4.52. The Labute approximate surface area is 214 Å². The summed E-state index contributed by atoms with van der Waals surface area (Å²) in [4.78, 5) is 28.0. The first-order valence-corrected chi connectivity index (χ1v) is 11.7. The molecule has 1 aliphatic heterocycles. The fraction of sp³-hybridized carbons (Fsp3) is 0.133. The molecule has 2 heterocycles. The predicted molar refractivity (Wildman–Crippen MR) is 139 cm³/mol. The fourth-order valence-corrected chi connectivity index (χ4v) is 4.52. The smallest absolute Gasteiger partial charge is 0.300 e. The molecule has 1 atom stereocenters. The van der Waals surface area contributed by atoms with Crippen LogP contribution in [-0.4, -0.2) is 23.9 Å². The minimum atomic E-state index is -0.947. The Balaban J connectivity index is 1.58. The van der Waals surface area contributed by atoms with Crippen molar-refractivity contribution < 1.29 is 28.6 Å². The summed E-state index contributed by atoms with van der Waals surface area (Å²) in [6, 6.07) is 22.1. The lowest BCUT2D eigenvalue weighted by Gasteiger charge is -2.23. The Hall–Kier alpha value is -4.78. The number of benzene rings is 3. The van der Waals surface area contributed by atoms with E-state index in [2.05, 4.69) is 0 Å². The zero-order valence-corrected chi connectivity index (χ0v) is 20.6. The predicted octanol–water partition coefficient (Wildman–Crippen LogP) is 6.32.